The van der Waals surface area contributed by atoms with E-state index in [0.717, 1.165) is 31.7 Å². The molecule has 1 N–H and O–H groups in total. The van der Waals surface area contributed by atoms with Crippen LogP contribution in [0.25, 0.3) is 0 Å². The molecule has 0 bridgehead atoms. The lowest BCUT2D eigenvalue weighted by molar-refractivity contribution is -0.286. The third-order valence-corrected chi connectivity index (χ3v) is 4.38. The molecule has 1 saturated carbocycles. The minimum absolute atomic E-state index is 0.124. The molecule has 1 aromatic rings. The van der Waals surface area contributed by atoms with E-state index in [-0.39, 0.29) is 11.5 Å². The fraction of sp³-hybridized carbons (Fsp3) is 0.600. The summed E-state index contributed by atoms with van der Waals surface area (Å²) in [7, 11) is 0. The van der Waals surface area contributed by atoms with Crippen LogP contribution in [-0.2, 0) is 0 Å². The number of fused-ring (bicyclic) bond motifs is 1. The van der Waals surface area contributed by atoms with E-state index < -0.39 is 6.29 Å². The van der Waals surface area contributed by atoms with E-state index >= 15 is 0 Å². The molecule has 1 saturated heterocycles. The van der Waals surface area contributed by atoms with Crippen molar-refractivity contribution >= 4 is 0 Å². The normalized spacial score (nSPS) is 25.8. The van der Waals surface area contributed by atoms with Crippen LogP contribution in [0.2, 0.25) is 0 Å². The monoisotopic (exact) mass is 296 g/mol. The summed E-state index contributed by atoms with van der Waals surface area (Å²) in [5.74, 6) is 0.904. The van der Waals surface area contributed by atoms with Crippen LogP contribution in [0.3, 0.4) is 0 Å². The second kappa shape index (κ2) is 4.81. The van der Waals surface area contributed by atoms with Crippen LogP contribution in [0.1, 0.15) is 24.4 Å². The van der Waals surface area contributed by atoms with Gasteiger partial charge in [-0.15, -0.1) is 8.78 Å². The number of alkyl halides is 2. The molecule has 1 aromatic carbocycles. The molecule has 0 aromatic heterocycles. The van der Waals surface area contributed by atoms with Gasteiger partial charge in [0.25, 0.3) is 0 Å². The van der Waals surface area contributed by atoms with Crippen LogP contribution in [0.15, 0.2) is 18.2 Å². The third kappa shape index (κ3) is 2.58. The van der Waals surface area contributed by atoms with Gasteiger partial charge >= 0.3 is 6.29 Å². The van der Waals surface area contributed by atoms with Gasteiger partial charge in [0.1, 0.15) is 0 Å². The van der Waals surface area contributed by atoms with Crippen molar-refractivity contribution in [1.82, 2.24) is 10.2 Å². The highest BCUT2D eigenvalue weighted by Gasteiger charge is 2.44. The Bertz CT molecular complexity index is 542. The summed E-state index contributed by atoms with van der Waals surface area (Å²) in [6, 6.07) is 5.52. The van der Waals surface area contributed by atoms with Gasteiger partial charge in [-0.1, -0.05) is 6.07 Å². The van der Waals surface area contributed by atoms with Crippen molar-refractivity contribution in [3.63, 3.8) is 0 Å². The van der Waals surface area contributed by atoms with Crippen LogP contribution in [-0.4, -0.2) is 37.4 Å². The lowest BCUT2D eigenvalue weighted by Gasteiger charge is -2.35. The van der Waals surface area contributed by atoms with E-state index in [1.807, 2.05) is 6.07 Å². The molecular formula is C15H18F2N2O2. The molecule has 0 radical (unpaired) electrons. The molecule has 2 fully saturated rings. The first kappa shape index (κ1) is 13.3. The Hall–Kier alpha value is -1.40. The smallest absolute Gasteiger partial charge is 0.395 e. The molecule has 2 aliphatic heterocycles. The molecule has 1 aliphatic carbocycles. The van der Waals surface area contributed by atoms with Crippen molar-refractivity contribution in [2.75, 3.05) is 26.2 Å². The second-order valence-corrected chi connectivity index (χ2v) is 5.94. The van der Waals surface area contributed by atoms with Crippen LogP contribution in [0.5, 0.6) is 11.5 Å². The molecule has 2 heterocycles. The third-order valence-electron chi connectivity index (χ3n) is 4.38. The minimum atomic E-state index is -3.54. The van der Waals surface area contributed by atoms with Crippen LogP contribution < -0.4 is 14.8 Å². The highest BCUT2D eigenvalue weighted by Crippen LogP contribution is 2.48. The van der Waals surface area contributed by atoms with Gasteiger partial charge in [-0.25, -0.2) is 0 Å². The number of nitrogens with one attached hydrogen (secondary N) is 1. The van der Waals surface area contributed by atoms with Gasteiger partial charge in [-0.05, 0) is 36.5 Å². The zero-order valence-electron chi connectivity index (χ0n) is 11.6. The molecule has 4 rings (SSSR count). The van der Waals surface area contributed by atoms with Crippen LogP contribution in [0.4, 0.5) is 8.78 Å². The molecule has 4 nitrogen and oxygen atoms in total. The van der Waals surface area contributed by atoms with E-state index in [2.05, 4.69) is 19.7 Å². The zero-order valence-corrected chi connectivity index (χ0v) is 11.6. The van der Waals surface area contributed by atoms with E-state index in [4.69, 9.17) is 0 Å². The largest absolute Gasteiger partial charge is 0.586 e. The maximum atomic E-state index is 13.1. The van der Waals surface area contributed by atoms with Gasteiger partial charge < -0.3 is 14.8 Å². The lowest BCUT2D eigenvalue weighted by atomic mass is 9.99. The maximum absolute atomic E-state index is 13.1. The quantitative estimate of drug-likeness (QED) is 0.928. The summed E-state index contributed by atoms with van der Waals surface area (Å²) in [5.41, 5.74) is 1.06. The van der Waals surface area contributed by atoms with Gasteiger partial charge in [-0.2, -0.15) is 0 Å². The molecule has 1 atom stereocenters. The van der Waals surface area contributed by atoms with Crippen molar-refractivity contribution in [3.8, 4) is 11.5 Å². The Kier molecular flexibility index (Phi) is 3.04. The Morgan fingerprint density at radius 3 is 2.57 bits per heavy atom. The number of nitrogens with zero attached hydrogens (tertiary/aromatic N) is 1. The van der Waals surface area contributed by atoms with Crippen molar-refractivity contribution in [1.29, 1.82) is 0 Å². The lowest BCUT2D eigenvalue weighted by Crippen LogP contribution is -2.45. The van der Waals surface area contributed by atoms with Gasteiger partial charge in [-0.3, -0.25) is 4.90 Å². The molecule has 6 heteroatoms. The number of halogens is 2. The predicted octanol–water partition coefficient (Wildman–Crippen LogP) is 2.36. The summed E-state index contributed by atoms with van der Waals surface area (Å²) in [6.45, 7) is 3.94. The summed E-state index contributed by atoms with van der Waals surface area (Å²) in [4.78, 5) is 2.45. The number of rotatable bonds is 3. The van der Waals surface area contributed by atoms with E-state index in [9.17, 15) is 8.78 Å². The molecule has 0 unspecified atom stereocenters. The summed E-state index contributed by atoms with van der Waals surface area (Å²) in [5, 5.41) is 3.35. The van der Waals surface area contributed by atoms with Gasteiger partial charge in [0.05, 0.1) is 0 Å². The fourth-order valence-corrected chi connectivity index (χ4v) is 3.30. The average molecular weight is 296 g/mol. The molecule has 114 valence electrons. The molecule has 21 heavy (non-hydrogen) atoms. The van der Waals surface area contributed by atoms with Crippen LogP contribution >= 0.6 is 0 Å². The van der Waals surface area contributed by atoms with E-state index in [1.54, 1.807) is 12.1 Å². The van der Waals surface area contributed by atoms with Crippen molar-refractivity contribution < 1.29 is 18.3 Å². The number of benzene rings is 1. The second-order valence-electron chi connectivity index (χ2n) is 5.94. The first-order valence-electron chi connectivity index (χ1n) is 7.47. The molecule has 3 aliphatic rings. The fourth-order valence-electron chi connectivity index (χ4n) is 3.30. The molecule has 0 spiro atoms. The highest BCUT2D eigenvalue weighted by molar-refractivity contribution is 5.46. The van der Waals surface area contributed by atoms with Crippen molar-refractivity contribution in [2.45, 2.75) is 25.2 Å². The Labute approximate surface area is 122 Å². The highest BCUT2D eigenvalue weighted by atomic mass is 19.3. The molecule has 0 amide bonds. The topological polar surface area (TPSA) is 33.7 Å². The Morgan fingerprint density at radius 1 is 1.14 bits per heavy atom. The standard InChI is InChI=1S/C15H18F2N2O2/c16-15(17)20-12-4-3-11(9-13(12)21-15)14(10-1-2-10)19-7-5-18-6-8-19/h3-4,9-10,14,18H,1-2,5-8H2/t14-/m0/s1. The van der Waals surface area contributed by atoms with Gasteiger partial charge in [0, 0.05) is 32.2 Å². The van der Waals surface area contributed by atoms with E-state index in [1.165, 1.54) is 12.8 Å². The van der Waals surface area contributed by atoms with Crippen LogP contribution in [0, 0.1) is 5.92 Å². The summed E-state index contributed by atoms with van der Waals surface area (Å²) >= 11 is 0. The number of piperazine rings is 1. The number of ether oxygens (including phenoxy) is 2. The van der Waals surface area contributed by atoms with Gasteiger partial charge in [0.15, 0.2) is 11.5 Å². The Morgan fingerprint density at radius 2 is 1.86 bits per heavy atom. The SMILES string of the molecule is FC1(F)Oc2ccc([C@H](C3CC3)N3CCNCC3)cc2O1. The first-order valence-corrected chi connectivity index (χ1v) is 7.47. The first-order chi connectivity index (χ1) is 10.1. The number of hydrogen-bond acceptors (Lipinski definition) is 4. The summed E-state index contributed by atoms with van der Waals surface area (Å²) < 4.78 is 35.3. The number of hydrogen-bond donors (Lipinski definition) is 1. The van der Waals surface area contributed by atoms with Crippen molar-refractivity contribution in [2.24, 2.45) is 5.92 Å². The summed E-state index contributed by atoms with van der Waals surface area (Å²) in [6.07, 6.45) is -1.12. The van der Waals surface area contributed by atoms with Crippen molar-refractivity contribution in [3.05, 3.63) is 23.8 Å². The minimum Gasteiger partial charge on any atom is -0.395 e. The zero-order chi connectivity index (χ0) is 14.4. The van der Waals surface area contributed by atoms with E-state index in [0.29, 0.717) is 12.0 Å². The molecular weight excluding hydrogens is 278 g/mol. The average Bonchev–Trinajstić information content (AvgIpc) is 3.22. The Balaban J connectivity index is 1.62. The van der Waals surface area contributed by atoms with Gasteiger partial charge in [0.2, 0.25) is 0 Å². The predicted molar refractivity (Wildman–Crippen MR) is 72.6 cm³/mol. The maximum Gasteiger partial charge on any atom is 0.586 e.